The van der Waals surface area contributed by atoms with Crippen LogP contribution in [-0.2, 0) is 6.42 Å². The molecule has 3 fully saturated rings. The first-order valence-corrected chi connectivity index (χ1v) is 13.3. The summed E-state index contributed by atoms with van der Waals surface area (Å²) in [5.41, 5.74) is 3.51. The number of piperidine rings is 1. The maximum atomic E-state index is 13.1. The van der Waals surface area contributed by atoms with Gasteiger partial charge in [-0.2, -0.15) is 0 Å². The number of piperazine rings is 1. The monoisotopic (exact) mass is 489 g/mol. The standard InChI is InChI=1S/C28H35N5O3/c1-18-24(7-3-19-9-14-36-26(18)19)27(34)30-21-15-22-5-6-23(16-21)33(22)25-8-4-20(17-29-25)28(35)32-12-10-31(2)11-13-32/h3-4,7-8,17,21-23H,5-6,9-16H2,1-2H3,(H,30,34). The Kier molecular flexibility index (Phi) is 6.07. The number of nitrogens with zero attached hydrogens (tertiary/aromatic N) is 4. The SMILES string of the molecule is Cc1c(C(=O)NC2CC3CCC(C2)N3c2ccc(C(=O)N3CCN(C)CC3)cn2)ccc2c1OCC2. The van der Waals surface area contributed by atoms with Crippen molar-refractivity contribution in [3.05, 3.63) is 52.7 Å². The van der Waals surface area contributed by atoms with Crippen molar-refractivity contribution in [2.24, 2.45) is 0 Å². The van der Waals surface area contributed by atoms with E-state index in [0.29, 0.717) is 29.8 Å². The average Bonchev–Trinajstić information content (AvgIpc) is 3.47. The van der Waals surface area contributed by atoms with Gasteiger partial charge in [-0.3, -0.25) is 9.59 Å². The third-order valence-corrected chi connectivity index (χ3v) is 8.47. The fourth-order valence-corrected chi connectivity index (χ4v) is 6.44. The Labute approximate surface area is 212 Å². The second-order valence-corrected chi connectivity index (χ2v) is 10.8. The zero-order valence-corrected chi connectivity index (χ0v) is 21.2. The van der Waals surface area contributed by atoms with Crippen molar-refractivity contribution in [2.75, 3.05) is 44.7 Å². The summed E-state index contributed by atoms with van der Waals surface area (Å²) in [6.45, 7) is 6.02. The summed E-state index contributed by atoms with van der Waals surface area (Å²) in [6.07, 6.45) is 6.68. The van der Waals surface area contributed by atoms with E-state index in [1.807, 2.05) is 36.1 Å². The lowest BCUT2D eigenvalue weighted by molar-refractivity contribution is 0.0663. The van der Waals surface area contributed by atoms with Gasteiger partial charge in [0.05, 0.1) is 12.2 Å². The maximum Gasteiger partial charge on any atom is 0.255 e. The zero-order valence-electron chi connectivity index (χ0n) is 21.2. The predicted octanol–water partition coefficient (Wildman–Crippen LogP) is 2.64. The van der Waals surface area contributed by atoms with Gasteiger partial charge in [-0.25, -0.2) is 4.98 Å². The Morgan fingerprint density at radius 2 is 1.78 bits per heavy atom. The van der Waals surface area contributed by atoms with Gasteiger partial charge in [0.15, 0.2) is 0 Å². The second-order valence-electron chi connectivity index (χ2n) is 10.8. The summed E-state index contributed by atoms with van der Waals surface area (Å²) in [4.78, 5) is 37.3. The predicted molar refractivity (Wildman–Crippen MR) is 138 cm³/mol. The Bertz CT molecular complexity index is 1140. The molecule has 0 spiro atoms. The van der Waals surface area contributed by atoms with Gasteiger partial charge in [-0.15, -0.1) is 0 Å². The third kappa shape index (κ3) is 4.21. The van der Waals surface area contributed by atoms with Crippen molar-refractivity contribution in [3.63, 3.8) is 0 Å². The fraction of sp³-hybridized carbons (Fsp3) is 0.536. The summed E-state index contributed by atoms with van der Waals surface area (Å²) in [5, 5.41) is 3.31. The van der Waals surface area contributed by atoms with Crippen LogP contribution in [0.4, 0.5) is 5.82 Å². The highest BCUT2D eigenvalue weighted by atomic mass is 16.5. The van der Waals surface area contributed by atoms with E-state index in [9.17, 15) is 9.59 Å². The first kappa shape index (κ1) is 23.3. The van der Waals surface area contributed by atoms with Crippen LogP contribution in [0, 0.1) is 6.92 Å². The number of anilines is 1. The van der Waals surface area contributed by atoms with Gasteiger partial charge in [0, 0.05) is 68.0 Å². The van der Waals surface area contributed by atoms with Crippen LogP contribution in [-0.4, -0.2) is 84.6 Å². The van der Waals surface area contributed by atoms with Crippen LogP contribution in [0.1, 0.15) is 57.5 Å². The van der Waals surface area contributed by atoms with E-state index in [1.165, 1.54) is 5.56 Å². The number of pyridine rings is 1. The Morgan fingerprint density at radius 1 is 1.03 bits per heavy atom. The van der Waals surface area contributed by atoms with Crippen LogP contribution in [0.15, 0.2) is 30.5 Å². The molecule has 2 amide bonds. The van der Waals surface area contributed by atoms with Crippen molar-refractivity contribution < 1.29 is 14.3 Å². The highest BCUT2D eigenvalue weighted by Gasteiger charge is 2.42. The van der Waals surface area contributed by atoms with Crippen molar-refractivity contribution in [1.29, 1.82) is 0 Å². The number of aromatic nitrogens is 1. The molecule has 8 heteroatoms. The molecule has 3 saturated heterocycles. The third-order valence-electron chi connectivity index (χ3n) is 8.47. The first-order chi connectivity index (χ1) is 17.5. The number of benzene rings is 1. The smallest absolute Gasteiger partial charge is 0.255 e. The largest absolute Gasteiger partial charge is 0.493 e. The highest BCUT2D eigenvalue weighted by Crippen LogP contribution is 2.39. The minimum atomic E-state index is -0.00598. The molecular formula is C28H35N5O3. The summed E-state index contributed by atoms with van der Waals surface area (Å²) < 4.78 is 5.76. The molecule has 1 N–H and O–H groups in total. The maximum absolute atomic E-state index is 13.1. The van der Waals surface area contributed by atoms with E-state index in [4.69, 9.17) is 9.72 Å². The molecule has 0 aliphatic carbocycles. The molecule has 6 rings (SSSR count). The minimum absolute atomic E-state index is 0.00598. The lowest BCUT2D eigenvalue weighted by Gasteiger charge is -2.40. The molecule has 8 nitrogen and oxygen atoms in total. The molecule has 4 aliphatic rings. The number of amides is 2. The first-order valence-electron chi connectivity index (χ1n) is 13.3. The number of hydrogen-bond donors (Lipinski definition) is 1. The van der Waals surface area contributed by atoms with Crippen LogP contribution in [0.2, 0.25) is 0 Å². The number of hydrogen-bond acceptors (Lipinski definition) is 6. The number of ether oxygens (including phenoxy) is 1. The molecule has 4 aliphatic heterocycles. The van der Waals surface area contributed by atoms with Crippen molar-refractivity contribution in [1.82, 2.24) is 20.1 Å². The number of nitrogens with one attached hydrogen (secondary N) is 1. The van der Waals surface area contributed by atoms with Gasteiger partial charge >= 0.3 is 0 Å². The number of rotatable bonds is 4. The topological polar surface area (TPSA) is 78.0 Å². The van der Waals surface area contributed by atoms with Gasteiger partial charge in [-0.1, -0.05) is 6.07 Å². The fourth-order valence-electron chi connectivity index (χ4n) is 6.44. The molecule has 190 valence electrons. The number of carbonyl (C=O) groups is 2. The molecule has 36 heavy (non-hydrogen) atoms. The molecule has 2 unspecified atom stereocenters. The number of fused-ring (bicyclic) bond motifs is 3. The van der Waals surface area contributed by atoms with Crippen molar-refractivity contribution in [3.8, 4) is 5.75 Å². The molecule has 0 saturated carbocycles. The molecule has 1 aromatic heterocycles. The molecule has 2 bridgehead atoms. The summed E-state index contributed by atoms with van der Waals surface area (Å²) >= 11 is 0. The van der Waals surface area contributed by atoms with E-state index in [0.717, 1.165) is 75.4 Å². The molecule has 5 heterocycles. The van der Waals surface area contributed by atoms with Gasteiger partial charge in [0.2, 0.25) is 0 Å². The van der Waals surface area contributed by atoms with E-state index in [-0.39, 0.29) is 17.9 Å². The quantitative estimate of drug-likeness (QED) is 0.712. The summed E-state index contributed by atoms with van der Waals surface area (Å²) in [6, 6.07) is 8.75. The molecular weight excluding hydrogens is 454 g/mol. The van der Waals surface area contributed by atoms with Gasteiger partial charge < -0.3 is 24.8 Å². The minimum Gasteiger partial charge on any atom is -0.493 e. The Hall–Kier alpha value is -3.13. The van der Waals surface area contributed by atoms with Crippen LogP contribution in [0.3, 0.4) is 0 Å². The Balaban J connectivity index is 1.10. The van der Waals surface area contributed by atoms with Crippen LogP contribution in [0.5, 0.6) is 5.75 Å². The Morgan fingerprint density at radius 3 is 2.47 bits per heavy atom. The average molecular weight is 490 g/mol. The van der Waals surface area contributed by atoms with Gasteiger partial charge in [0.1, 0.15) is 11.6 Å². The van der Waals surface area contributed by atoms with E-state index >= 15 is 0 Å². The van der Waals surface area contributed by atoms with Gasteiger partial charge in [0.25, 0.3) is 11.8 Å². The van der Waals surface area contributed by atoms with E-state index in [2.05, 4.69) is 22.2 Å². The van der Waals surface area contributed by atoms with Crippen LogP contribution < -0.4 is 15.0 Å². The normalized spacial score (nSPS) is 25.4. The van der Waals surface area contributed by atoms with E-state index in [1.54, 1.807) is 6.20 Å². The molecule has 2 aromatic rings. The second kappa shape index (κ2) is 9.39. The lowest BCUT2D eigenvalue weighted by Crippen LogP contribution is -2.51. The van der Waals surface area contributed by atoms with Crippen LogP contribution >= 0.6 is 0 Å². The molecule has 1 aromatic carbocycles. The number of likely N-dealkylation sites (N-methyl/N-ethyl adjacent to an activating group) is 1. The number of carbonyl (C=O) groups excluding carboxylic acids is 2. The molecule has 2 atom stereocenters. The van der Waals surface area contributed by atoms with Crippen molar-refractivity contribution >= 4 is 17.6 Å². The van der Waals surface area contributed by atoms with Crippen molar-refractivity contribution in [2.45, 2.75) is 57.2 Å². The summed E-state index contributed by atoms with van der Waals surface area (Å²) in [5.74, 6) is 1.89. The van der Waals surface area contributed by atoms with Gasteiger partial charge in [-0.05, 0) is 63.4 Å². The highest BCUT2D eigenvalue weighted by molar-refractivity contribution is 5.97. The zero-order chi connectivity index (χ0) is 24.8. The molecule has 0 radical (unpaired) electrons. The lowest BCUT2D eigenvalue weighted by atomic mass is 9.96. The van der Waals surface area contributed by atoms with Crippen LogP contribution in [0.25, 0.3) is 0 Å². The summed E-state index contributed by atoms with van der Waals surface area (Å²) in [7, 11) is 2.09. The van der Waals surface area contributed by atoms with E-state index < -0.39 is 0 Å².